The number of methoxy groups -OCH3 is 1. The molecule has 0 saturated carbocycles. The average molecular weight is 639 g/mol. The number of nitrogens with one attached hydrogen (secondary N) is 2. The second-order valence-corrected chi connectivity index (χ2v) is 11.0. The number of carboxylic acids is 2. The van der Waals surface area contributed by atoms with Crippen LogP contribution < -0.4 is 15.4 Å². The number of carbonyl (C=O) groups is 5. The van der Waals surface area contributed by atoms with Gasteiger partial charge in [-0.05, 0) is 48.7 Å². The lowest BCUT2D eigenvalue weighted by Crippen LogP contribution is -2.53. The van der Waals surface area contributed by atoms with E-state index in [0.29, 0.717) is 22.4 Å². The van der Waals surface area contributed by atoms with Crippen LogP contribution in [0.4, 0.5) is 4.39 Å². The summed E-state index contributed by atoms with van der Waals surface area (Å²) in [5.74, 6) is -3.18. The number of carbonyl (C=O) groups excluding carboxylic acids is 3. The molecule has 10 nitrogen and oxygen atoms in total. The number of aliphatic carboxylic acids is 2. The lowest BCUT2D eigenvalue weighted by Gasteiger charge is -2.24. The van der Waals surface area contributed by atoms with Gasteiger partial charge in [-0.25, -0.2) is 9.18 Å². The summed E-state index contributed by atoms with van der Waals surface area (Å²) in [6.45, 7) is 6.17. The Hall–Kier alpha value is -3.90. The smallest absolute Gasteiger partial charge is 0.328 e. The summed E-state index contributed by atoms with van der Waals surface area (Å²) in [5.41, 5.74) is 1.40. The minimum atomic E-state index is -1.10. The number of Topliss-reactive ketones (excluding diaryl/α,β-unsaturated/α-hetero) is 1. The van der Waals surface area contributed by atoms with Gasteiger partial charge in [0.2, 0.25) is 11.8 Å². The van der Waals surface area contributed by atoms with Gasteiger partial charge >= 0.3 is 5.97 Å². The fourth-order valence-corrected chi connectivity index (χ4v) is 4.93. The molecule has 0 fully saturated rings. The van der Waals surface area contributed by atoms with Gasteiger partial charge in [-0.15, -0.1) is 11.8 Å². The van der Waals surface area contributed by atoms with Crippen molar-refractivity contribution in [1.29, 1.82) is 0 Å². The number of thioether (sulfide) groups is 1. The Bertz CT molecular complexity index is 1310. The number of ether oxygens (including phenoxy) is 1. The third-order valence-corrected chi connectivity index (χ3v) is 7.07. The summed E-state index contributed by atoms with van der Waals surface area (Å²) < 4.78 is 19.2. The van der Waals surface area contributed by atoms with E-state index >= 15 is 0 Å². The molecule has 2 rings (SSSR count). The summed E-state index contributed by atoms with van der Waals surface area (Å²) in [6, 6.07) is 7.58. The highest BCUT2D eigenvalue weighted by Gasteiger charge is 2.27. The zero-order valence-corrected chi connectivity index (χ0v) is 26.1. The number of hydrogen-bond acceptors (Lipinski definition) is 7. The van der Waals surface area contributed by atoms with Gasteiger partial charge in [-0.2, -0.15) is 0 Å². The molecule has 0 bridgehead atoms. The molecular formula is C30H36ClFN2O8S. The van der Waals surface area contributed by atoms with Gasteiger partial charge in [-0.1, -0.05) is 37.6 Å². The third-order valence-electron chi connectivity index (χ3n) is 5.73. The molecule has 0 aromatic heterocycles. The summed E-state index contributed by atoms with van der Waals surface area (Å²) in [5, 5.41) is 21.9. The maximum atomic E-state index is 13.9. The standard InChI is InChI=1S/C28H32ClFN2O6S.C2H4O2/c1-16(2)27(32-25(34)13-19-12-18(9-11-26(35)36)8-10-24(19)38-4)28(37)31-17(3)23(33)15-39-14-20-21(29)6-5-7-22(20)30;1-2(3)4/h5-12,16-17,27H,13-15H2,1-4H3,(H,31,37)(H,32,34)(H,35,36);1H3,(H,3,4)/b11-9+;/t17-,27?;/m0./s1. The molecule has 2 amide bonds. The average Bonchev–Trinajstić information content (AvgIpc) is 2.91. The number of ketones is 1. The molecule has 43 heavy (non-hydrogen) atoms. The van der Waals surface area contributed by atoms with E-state index in [-0.39, 0.29) is 34.7 Å². The SMILES string of the molecule is CC(=O)O.COc1ccc(/C=C/C(=O)O)cc1CC(=O)NC(C(=O)N[C@@H](C)C(=O)CSCc1c(F)cccc1Cl)C(C)C. The molecule has 0 aliphatic heterocycles. The van der Waals surface area contributed by atoms with Crippen LogP contribution in [0, 0.1) is 11.7 Å². The van der Waals surface area contributed by atoms with E-state index in [9.17, 15) is 23.6 Å². The van der Waals surface area contributed by atoms with Crippen LogP contribution in [-0.4, -0.2) is 64.7 Å². The number of rotatable bonds is 14. The van der Waals surface area contributed by atoms with Gasteiger partial charge in [0.1, 0.15) is 17.6 Å². The van der Waals surface area contributed by atoms with Crippen molar-refractivity contribution >= 4 is 59.0 Å². The van der Waals surface area contributed by atoms with Gasteiger partial charge in [-0.3, -0.25) is 19.2 Å². The lowest BCUT2D eigenvalue weighted by molar-refractivity contribution is -0.134. The molecule has 0 aliphatic carbocycles. The molecule has 234 valence electrons. The minimum absolute atomic E-state index is 0.0390. The first-order valence-electron chi connectivity index (χ1n) is 13.1. The van der Waals surface area contributed by atoms with Gasteiger partial charge in [0, 0.05) is 34.9 Å². The predicted molar refractivity (Wildman–Crippen MR) is 164 cm³/mol. The Morgan fingerprint density at radius 2 is 1.72 bits per heavy atom. The number of halogens is 2. The quantitative estimate of drug-likeness (QED) is 0.220. The molecule has 0 radical (unpaired) electrons. The van der Waals surface area contributed by atoms with Crippen LogP contribution in [0.15, 0.2) is 42.5 Å². The van der Waals surface area contributed by atoms with Crippen molar-refractivity contribution in [3.8, 4) is 5.75 Å². The van der Waals surface area contributed by atoms with Crippen molar-refractivity contribution in [2.75, 3.05) is 12.9 Å². The van der Waals surface area contributed by atoms with Gasteiger partial charge in [0.15, 0.2) is 5.78 Å². The van der Waals surface area contributed by atoms with E-state index in [0.717, 1.165) is 13.0 Å². The largest absolute Gasteiger partial charge is 0.496 e. The van der Waals surface area contributed by atoms with Crippen LogP contribution in [0.2, 0.25) is 5.02 Å². The fourth-order valence-electron chi connectivity index (χ4n) is 3.57. The molecule has 2 aromatic carbocycles. The van der Waals surface area contributed by atoms with E-state index in [1.165, 1.54) is 37.1 Å². The second kappa shape index (κ2) is 18.6. The van der Waals surface area contributed by atoms with E-state index in [2.05, 4.69) is 10.6 Å². The predicted octanol–water partition coefficient (Wildman–Crippen LogP) is 4.37. The van der Waals surface area contributed by atoms with Crippen molar-refractivity contribution in [1.82, 2.24) is 10.6 Å². The van der Waals surface area contributed by atoms with Crippen LogP contribution in [0.25, 0.3) is 6.08 Å². The van der Waals surface area contributed by atoms with Crippen molar-refractivity contribution in [3.05, 3.63) is 70.0 Å². The minimum Gasteiger partial charge on any atom is -0.496 e. The maximum absolute atomic E-state index is 13.9. The van der Waals surface area contributed by atoms with Crippen LogP contribution in [0.3, 0.4) is 0 Å². The molecule has 2 aromatic rings. The van der Waals surface area contributed by atoms with Gasteiger partial charge in [0.05, 0.1) is 25.3 Å². The summed E-state index contributed by atoms with van der Waals surface area (Å²) in [4.78, 5) is 58.2. The first-order valence-corrected chi connectivity index (χ1v) is 14.6. The molecule has 0 aliphatic rings. The topological polar surface area (TPSA) is 159 Å². The Morgan fingerprint density at radius 1 is 1.07 bits per heavy atom. The zero-order chi connectivity index (χ0) is 32.7. The Morgan fingerprint density at radius 3 is 2.28 bits per heavy atom. The van der Waals surface area contributed by atoms with Crippen molar-refractivity contribution in [3.63, 3.8) is 0 Å². The highest BCUT2D eigenvalue weighted by Crippen LogP contribution is 2.24. The molecule has 0 spiro atoms. The molecule has 2 atom stereocenters. The van der Waals surface area contributed by atoms with E-state index in [1.807, 2.05) is 0 Å². The van der Waals surface area contributed by atoms with Crippen LogP contribution in [-0.2, 0) is 36.1 Å². The fraction of sp³-hybridized carbons (Fsp3) is 0.367. The lowest BCUT2D eigenvalue weighted by atomic mass is 10.0. The number of hydrogen-bond donors (Lipinski definition) is 4. The molecule has 0 heterocycles. The highest BCUT2D eigenvalue weighted by atomic mass is 35.5. The van der Waals surface area contributed by atoms with Crippen LogP contribution >= 0.6 is 23.4 Å². The van der Waals surface area contributed by atoms with E-state index < -0.39 is 41.7 Å². The molecule has 13 heteroatoms. The Balaban J connectivity index is 0.00000217. The summed E-state index contributed by atoms with van der Waals surface area (Å²) in [6.07, 6.45) is 2.27. The number of amides is 2. The van der Waals surface area contributed by atoms with E-state index in [4.69, 9.17) is 31.3 Å². The van der Waals surface area contributed by atoms with Gasteiger partial charge < -0.3 is 25.6 Å². The number of carboxylic acid groups (broad SMARTS) is 2. The molecular weight excluding hydrogens is 603 g/mol. The second-order valence-electron chi connectivity index (χ2n) is 9.62. The maximum Gasteiger partial charge on any atom is 0.328 e. The zero-order valence-electron chi connectivity index (χ0n) is 24.5. The molecule has 1 unspecified atom stereocenters. The first kappa shape index (κ1) is 37.1. The molecule has 0 saturated heterocycles. The van der Waals surface area contributed by atoms with Gasteiger partial charge in [0.25, 0.3) is 5.97 Å². The number of benzene rings is 2. The van der Waals surface area contributed by atoms with Crippen LogP contribution in [0.1, 0.15) is 44.4 Å². The van der Waals surface area contributed by atoms with E-state index in [1.54, 1.807) is 45.0 Å². The molecule has 4 N–H and O–H groups in total. The van der Waals surface area contributed by atoms with Crippen LogP contribution in [0.5, 0.6) is 5.75 Å². The normalized spacial score (nSPS) is 12.1. The Labute approximate surface area is 259 Å². The first-order chi connectivity index (χ1) is 20.2. The third kappa shape index (κ3) is 13.7. The summed E-state index contributed by atoms with van der Waals surface area (Å²) in [7, 11) is 1.45. The monoisotopic (exact) mass is 638 g/mol. The van der Waals surface area contributed by atoms with Crippen molar-refractivity contribution in [2.45, 2.75) is 52.0 Å². The van der Waals surface area contributed by atoms with Crippen molar-refractivity contribution in [2.24, 2.45) is 5.92 Å². The highest BCUT2D eigenvalue weighted by molar-refractivity contribution is 7.99. The summed E-state index contributed by atoms with van der Waals surface area (Å²) >= 11 is 7.21. The van der Waals surface area contributed by atoms with Crippen molar-refractivity contribution < 1.29 is 43.3 Å². The Kier molecular flexibility index (Phi) is 16.1.